The second kappa shape index (κ2) is 6.61. The molecule has 7 nitrogen and oxygen atoms in total. The number of aromatic nitrogens is 3. The number of benzene rings is 1. The SMILES string of the molecule is O=c1[nH]c(-c2cccnc2)nc2c1CN(Cc1cccc(O)c1O)CC2. The number of nitrogens with zero attached hydrogens (tertiary/aromatic N) is 3. The van der Waals surface area contributed by atoms with Crippen LogP contribution in [-0.2, 0) is 19.5 Å². The molecule has 1 aliphatic rings. The lowest BCUT2D eigenvalue weighted by Gasteiger charge is -2.28. The Bertz CT molecular complexity index is 1000. The molecule has 0 bridgehead atoms. The van der Waals surface area contributed by atoms with E-state index in [0.717, 1.165) is 11.3 Å². The van der Waals surface area contributed by atoms with Crippen molar-refractivity contribution in [1.29, 1.82) is 0 Å². The molecule has 4 rings (SSSR count). The summed E-state index contributed by atoms with van der Waals surface area (Å²) in [6.07, 6.45) is 3.99. The third-order valence-corrected chi connectivity index (χ3v) is 4.57. The summed E-state index contributed by atoms with van der Waals surface area (Å²) >= 11 is 0. The van der Waals surface area contributed by atoms with E-state index in [4.69, 9.17) is 0 Å². The predicted molar refractivity (Wildman–Crippen MR) is 95.7 cm³/mol. The molecule has 0 saturated heterocycles. The summed E-state index contributed by atoms with van der Waals surface area (Å²) in [7, 11) is 0. The van der Waals surface area contributed by atoms with Crippen molar-refractivity contribution < 1.29 is 10.2 Å². The van der Waals surface area contributed by atoms with Crippen LogP contribution in [0.15, 0.2) is 47.5 Å². The summed E-state index contributed by atoms with van der Waals surface area (Å²) in [6.45, 7) is 1.61. The first-order valence-electron chi connectivity index (χ1n) is 8.36. The van der Waals surface area contributed by atoms with Gasteiger partial charge in [-0.3, -0.25) is 14.7 Å². The molecule has 1 aromatic carbocycles. The number of aromatic amines is 1. The third kappa shape index (κ3) is 3.04. The molecule has 26 heavy (non-hydrogen) atoms. The maximum atomic E-state index is 12.5. The minimum absolute atomic E-state index is 0.114. The van der Waals surface area contributed by atoms with Crippen molar-refractivity contribution in [3.63, 3.8) is 0 Å². The molecule has 1 aliphatic heterocycles. The highest BCUT2D eigenvalue weighted by atomic mass is 16.3. The zero-order chi connectivity index (χ0) is 18.1. The zero-order valence-corrected chi connectivity index (χ0v) is 14.0. The molecule has 7 heteroatoms. The van der Waals surface area contributed by atoms with Crippen LogP contribution in [-0.4, -0.2) is 36.6 Å². The highest BCUT2D eigenvalue weighted by molar-refractivity contribution is 5.53. The summed E-state index contributed by atoms with van der Waals surface area (Å²) in [5.74, 6) is 0.277. The van der Waals surface area contributed by atoms with Crippen LogP contribution < -0.4 is 5.56 Å². The lowest BCUT2D eigenvalue weighted by Crippen LogP contribution is -2.35. The van der Waals surface area contributed by atoms with Crippen LogP contribution in [0.2, 0.25) is 0 Å². The summed E-state index contributed by atoms with van der Waals surface area (Å²) in [5.41, 5.74) is 2.69. The number of fused-ring (bicyclic) bond motifs is 1. The Kier molecular flexibility index (Phi) is 4.14. The molecule has 0 saturated carbocycles. The molecule has 0 spiro atoms. The van der Waals surface area contributed by atoms with Gasteiger partial charge < -0.3 is 15.2 Å². The van der Waals surface area contributed by atoms with Gasteiger partial charge in [-0.1, -0.05) is 12.1 Å². The van der Waals surface area contributed by atoms with Gasteiger partial charge in [0, 0.05) is 49.6 Å². The number of phenols is 2. The number of H-pyrrole nitrogens is 1. The van der Waals surface area contributed by atoms with Crippen LogP contribution in [0.1, 0.15) is 16.8 Å². The topological polar surface area (TPSA) is 102 Å². The van der Waals surface area contributed by atoms with Gasteiger partial charge in [0.2, 0.25) is 0 Å². The molecular weight excluding hydrogens is 332 g/mol. The Morgan fingerprint density at radius 2 is 2.08 bits per heavy atom. The standard InChI is InChI=1S/C19H18N4O3/c24-16-5-1-3-13(17(16)25)10-23-8-6-15-14(11-23)19(26)22-18(21-15)12-4-2-7-20-9-12/h1-5,7,9,24-25H,6,8,10-11H2,(H,21,22,26). The van der Waals surface area contributed by atoms with E-state index in [-0.39, 0.29) is 17.1 Å². The Hall–Kier alpha value is -3.19. The molecule has 0 atom stereocenters. The van der Waals surface area contributed by atoms with Crippen LogP contribution in [0.4, 0.5) is 0 Å². The largest absolute Gasteiger partial charge is 0.504 e. The minimum atomic E-state index is -0.154. The molecule has 0 amide bonds. The number of hydrogen-bond donors (Lipinski definition) is 3. The third-order valence-electron chi connectivity index (χ3n) is 4.57. The number of nitrogens with one attached hydrogen (secondary N) is 1. The average Bonchev–Trinajstić information content (AvgIpc) is 2.66. The van der Waals surface area contributed by atoms with Crippen LogP contribution in [0.3, 0.4) is 0 Å². The van der Waals surface area contributed by atoms with Gasteiger partial charge in [-0.2, -0.15) is 0 Å². The fourth-order valence-electron chi connectivity index (χ4n) is 3.20. The van der Waals surface area contributed by atoms with Gasteiger partial charge in [0.1, 0.15) is 5.82 Å². The highest BCUT2D eigenvalue weighted by Crippen LogP contribution is 2.30. The van der Waals surface area contributed by atoms with Crippen LogP contribution in [0, 0.1) is 0 Å². The van der Waals surface area contributed by atoms with Crippen molar-refractivity contribution in [2.45, 2.75) is 19.5 Å². The first kappa shape index (κ1) is 16.3. The van der Waals surface area contributed by atoms with Gasteiger partial charge in [0.15, 0.2) is 11.5 Å². The van der Waals surface area contributed by atoms with Crippen molar-refractivity contribution in [3.8, 4) is 22.9 Å². The summed E-state index contributed by atoms with van der Waals surface area (Å²) in [4.78, 5) is 26.1. The smallest absolute Gasteiger partial charge is 0.255 e. The first-order chi connectivity index (χ1) is 12.6. The fraction of sp³-hybridized carbons (Fsp3) is 0.211. The minimum Gasteiger partial charge on any atom is -0.504 e. The van der Waals surface area contributed by atoms with Gasteiger partial charge in [0.05, 0.1) is 11.3 Å². The number of para-hydroxylation sites is 1. The molecular formula is C19H18N4O3. The molecule has 3 aromatic rings. The van der Waals surface area contributed by atoms with Crippen molar-refractivity contribution >= 4 is 0 Å². The molecule has 0 aliphatic carbocycles. The molecule has 3 heterocycles. The quantitative estimate of drug-likeness (QED) is 0.623. The fourth-order valence-corrected chi connectivity index (χ4v) is 3.20. The lowest BCUT2D eigenvalue weighted by atomic mass is 10.1. The Labute approximate surface area is 149 Å². The van der Waals surface area contributed by atoms with E-state index in [0.29, 0.717) is 43.0 Å². The van der Waals surface area contributed by atoms with Crippen molar-refractivity contribution in [2.24, 2.45) is 0 Å². The lowest BCUT2D eigenvalue weighted by molar-refractivity contribution is 0.238. The van der Waals surface area contributed by atoms with Crippen LogP contribution >= 0.6 is 0 Å². The number of hydrogen-bond acceptors (Lipinski definition) is 6. The summed E-state index contributed by atoms with van der Waals surface area (Å²) < 4.78 is 0. The van der Waals surface area contributed by atoms with E-state index in [1.165, 1.54) is 6.07 Å². The summed E-state index contributed by atoms with van der Waals surface area (Å²) in [6, 6.07) is 8.56. The van der Waals surface area contributed by atoms with E-state index in [1.54, 1.807) is 30.6 Å². The van der Waals surface area contributed by atoms with Crippen molar-refractivity contribution in [2.75, 3.05) is 6.54 Å². The Balaban J connectivity index is 1.60. The highest BCUT2D eigenvalue weighted by Gasteiger charge is 2.22. The molecule has 0 unspecified atom stereocenters. The molecule has 3 N–H and O–H groups in total. The van der Waals surface area contributed by atoms with E-state index < -0.39 is 0 Å². The van der Waals surface area contributed by atoms with E-state index in [9.17, 15) is 15.0 Å². The van der Waals surface area contributed by atoms with Gasteiger partial charge >= 0.3 is 0 Å². The monoisotopic (exact) mass is 350 g/mol. The average molecular weight is 350 g/mol. The van der Waals surface area contributed by atoms with Crippen LogP contribution in [0.5, 0.6) is 11.5 Å². The van der Waals surface area contributed by atoms with Gasteiger partial charge in [-0.15, -0.1) is 0 Å². The number of phenolic OH excluding ortho intramolecular Hbond substituents is 2. The zero-order valence-electron chi connectivity index (χ0n) is 14.0. The van der Waals surface area contributed by atoms with Crippen molar-refractivity contribution in [3.05, 3.63) is 69.9 Å². The second-order valence-electron chi connectivity index (χ2n) is 6.33. The molecule has 0 fully saturated rings. The first-order valence-corrected chi connectivity index (χ1v) is 8.36. The molecule has 132 valence electrons. The van der Waals surface area contributed by atoms with E-state index >= 15 is 0 Å². The van der Waals surface area contributed by atoms with E-state index in [1.807, 2.05) is 6.07 Å². The van der Waals surface area contributed by atoms with Gasteiger partial charge in [-0.25, -0.2) is 4.98 Å². The molecule has 2 aromatic heterocycles. The maximum Gasteiger partial charge on any atom is 0.255 e. The van der Waals surface area contributed by atoms with Crippen LogP contribution in [0.25, 0.3) is 11.4 Å². The normalized spacial score (nSPS) is 14.2. The number of pyridine rings is 1. The van der Waals surface area contributed by atoms with Gasteiger partial charge in [-0.05, 0) is 18.2 Å². The number of rotatable bonds is 3. The second-order valence-corrected chi connectivity index (χ2v) is 6.33. The van der Waals surface area contributed by atoms with E-state index in [2.05, 4.69) is 19.9 Å². The Morgan fingerprint density at radius 1 is 1.19 bits per heavy atom. The number of aromatic hydroxyl groups is 2. The predicted octanol–water partition coefficient (Wildman–Crippen LogP) is 1.80. The molecule has 0 radical (unpaired) electrons. The maximum absolute atomic E-state index is 12.5. The summed E-state index contributed by atoms with van der Waals surface area (Å²) in [5, 5.41) is 19.6. The van der Waals surface area contributed by atoms with Gasteiger partial charge in [0.25, 0.3) is 5.56 Å². The Morgan fingerprint density at radius 3 is 2.88 bits per heavy atom. The van der Waals surface area contributed by atoms with Crippen molar-refractivity contribution in [1.82, 2.24) is 19.9 Å².